The number of para-hydroxylation sites is 1. The zero-order chi connectivity index (χ0) is 43.4. The number of rotatable bonds is 6. The molecule has 0 aliphatic heterocycles. The van der Waals surface area contributed by atoms with Gasteiger partial charge in [-0.2, -0.15) is 0 Å². The van der Waals surface area contributed by atoms with Crippen molar-refractivity contribution in [3.05, 3.63) is 246 Å². The molecule has 0 amide bonds. The van der Waals surface area contributed by atoms with Crippen LogP contribution >= 0.6 is 0 Å². The van der Waals surface area contributed by atoms with E-state index in [1.54, 1.807) is 0 Å². The van der Waals surface area contributed by atoms with Crippen molar-refractivity contribution in [2.75, 3.05) is 4.90 Å². The molecular weight excluding hydrogens is 787 g/mol. The highest BCUT2D eigenvalue weighted by atomic mass is 16.3. The van der Waals surface area contributed by atoms with E-state index in [4.69, 9.17) is 4.42 Å². The van der Waals surface area contributed by atoms with Crippen LogP contribution in [0.15, 0.2) is 223 Å². The Bertz CT molecular complexity index is 3710. The third-order valence-electron chi connectivity index (χ3n) is 14.7. The van der Waals surface area contributed by atoms with Gasteiger partial charge in [0.1, 0.15) is 11.2 Å². The van der Waals surface area contributed by atoms with E-state index in [1.165, 1.54) is 66.6 Å². The average Bonchev–Trinajstić information content (AvgIpc) is 3.96. The minimum Gasteiger partial charge on any atom is -0.455 e. The molecule has 0 bridgehead atoms. The fourth-order valence-corrected chi connectivity index (χ4v) is 11.7. The molecule has 11 aromatic rings. The highest BCUT2D eigenvalue weighted by molar-refractivity contribution is 6.19. The number of hydrogen-bond acceptors (Lipinski definition) is 2. The zero-order valence-electron chi connectivity index (χ0n) is 36.6. The van der Waals surface area contributed by atoms with Gasteiger partial charge < -0.3 is 9.32 Å². The Morgan fingerprint density at radius 3 is 1.82 bits per heavy atom. The van der Waals surface area contributed by atoms with Crippen molar-refractivity contribution in [3.63, 3.8) is 0 Å². The lowest BCUT2D eigenvalue weighted by molar-refractivity contribution is 0.662. The first-order chi connectivity index (χ1) is 31.9. The summed E-state index contributed by atoms with van der Waals surface area (Å²) in [6.07, 6.45) is 0. The molecule has 65 heavy (non-hydrogen) atoms. The highest BCUT2D eigenvalue weighted by Crippen LogP contribution is 2.56. The fourth-order valence-electron chi connectivity index (χ4n) is 11.7. The van der Waals surface area contributed by atoms with E-state index in [1.807, 2.05) is 0 Å². The van der Waals surface area contributed by atoms with Crippen LogP contribution in [-0.4, -0.2) is 0 Å². The van der Waals surface area contributed by atoms with Crippen LogP contribution in [0.5, 0.6) is 0 Å². The van der Waals surface area contributed by atoms with Crippen molar-refractivity contribution in [2.24, 2.45) is 0 Å². The zero-order valence-corrected chi connectivity index (χ0v) is 36.6. The van der Waals surface area contributed by atoms with Crippen molar-refractivity contribution < 1.29 is 4.42 Å². The minimum atomic E-state index is -0.342. The lowest BCUT2D eigenvalue weighted by atomic mass is 9.74. The molecule has 0 saturated heterocycles. The lowest BCUT2D eigenvalue weighted by Gasteiger charge is -2.32. The van der Waals surface area contributed by atoms with Gasteiger partial charge in [0.2, 0.25) is 0 Å². The van der Waals surface area contributed by atoms with Gasteiger partial charge in [0.05, 0.1) is 5.69 Å². The van der Waals surface area contributed by atoms with Gasteiger partial charge in [0, 0.05) is 43.9 Å². The van der Waals surface area contributed by atoms with E-state index >= 15 is 0 Å². The molecule has 1 unspecified atom stereocenters. The second-order valence-electron chi connectivity index (χ2n) is 18.5. The van der Waals surface area contributed by atoms with E-state index in [0.29, 0.717) is 0 Å². The summed E-state index contributed by atoms with van der Waals surface area (Å²) in [5.74, 6) is 0. The molecule has 0 saturated carbocycles. The predicted molar refractivity (Wildman–Crippen MR) is 272 cm³/mol. The summed E-state index contributed by atoms with van der Waals surface area (Å²) in [4.78, 5) is 2.49. The summed E-state index contributed by atoms with van der Waals surface area (Å²) in [6, 6.07) is 80.5. The molecule has 1 aromatic heterocycles. The van der Waals surface area contributed by atoms with E-state index in [0.717, 1.165) is 55.5 Å². The number of hydrogen-bond donors (Lipinski definition) is 0. The summed E-state index contributed by atoms with van der Waals surface area (Å²) in [5.41, 5.74) is 21.3. The summed E-state index contributed by atoms with van der Waals surface area (Å²) >= 11 is 0. The number of nitrogens with zero attached hydrogens (tertiary/aromatic N) is 1. The Hall–Kier alpha value is -7.94. The van der Waals surface area contributed by atoms with Gasteiger partial charge >= 0.3 is 0 Å². The van der Waals surface area contributed by atoms with E-state index in [-0.39, 0.29) is 10.8 Å². The molecule has 0 spiro atoms. The monoisotopic (exact) mass is 831 g/mol. The van der Waals surface area contributed by atoms with Crippen molar-refractivity contribution >= 4 is 49.8 Å². The standard InChI is InChI=1S/C63H45NO/c1-62(2)54-27-12-9-22-48(54)51-25-15-26-52(60(51)62)50-23-11-14-29-57(50)64(44-36-38-49-47-21-10-13-28-55(47)63(3,56(49)39-44)42-18-5-4-6-19-42)43-34-31-41(32-35-43)45-24-16-30-58-59(45)53-37-33-40-17-7-8-20-46(40)61(53)65-58/h4-39H,1-3H3. The third kappa shape index (κ3) is 5.41. The van der Waals surface area contributed by atoms with Crippen molar-refractivity contribution in [3.8, 4) is 44.5 Å². The quantitative estimate of drug-likeness (QED) is 0.166. The minimum absolute atomic E-state index is 0.177. The molecule has 2 heteroatoms. The summed E-state index contributed by atoms with van der Waals surface area (Å²) in [7, 11) is 0. The Morgan fingerprint density at radius 1 is 0.400 bits per heavy atom. The second kappa shape index (κ2) is 14.0. The number of anilines is 3. The summed E-state index contributed by atoms with van der Waals surface area (Å²) < 4.78 is 6.63. The maximum atomic E-state index is 6.63. The van der Waals surface area contributed by atoms with Crippen molar-refractivity contribution in [1.82, 2.24) is 0 Å². The van der Waals surface area contributed by atoms with Gasteiger partial charge in [-0.3, -0.25) is 0 Å². The highest BCUT2D eigenvalue weighted by Gasteiger charge is 2.42. The normalized spacial score (nSPS) is 15.5. The molecule has 10 aromatic carbocycles. The van der Waals surface area contributed by atoms with E-state index in [9.17, 15) is 0 Å². The first-order valence-electron chi connectivity index (χ1n) is 22.8. The van der Waals surface area contributed by atoms with Gasteiger partial charge in [-0.05, 0) is 122 Å². The SMILES string of the molecule is CC1(C)c2ccccc2-c2cccc(-c3ccccc3N(c3ccc(-c4cccc5oc6c7ccccc7ccc6c45)cc3)c3ccc4c(c3)C(C)(c3ccccc3)c3ccccc3-4)c21. The van der Waals surface area contributed by atoms with Crippen molar-refractivity contribution in [2.45, 2.75) is 31.6 Å². The third-order valence-corrected chi connectivity index (χ3v) is 14.7. The smallest absolute Gasteiger partial charge is 0.143 e. The maximum absolute atomic E-state index is 6.63. The molecule has 2 aliphatic carbocycles. The van der Waals surface area contributed by atoms with Gasteiger partial charge in [-0.15, -0.1) is 0 Å². The number of furan rings is 1. The fraction of sp³-hybridized carbons (Fsp3) is 0.0794. The molecule has 2 aliphatic rings. The molecule has 1 atom stereocenters. The number of benzene rings is 10. The first kappa shape index (κ1) is 37.6. The van der Waals surface area contributed by atoms with Crippen LogP contribution in [0, 0.1) is 0 Å². The largest absolute Gasteiger partial charge is 0.455 e. The summed E-state index contributed by atoms with van der Waals surface area (Å²) in [5, 5.41) is 4.59. The second-order valence-corrected chi connectivity index (χ2v) is 18.5. The maximum Gasteiger partial charge on any atom is 0.143 e. The average molecular weight is 832 g/mol. The number of fused-ring (bicyclic) bond motifs is 11. The van der Waals surface area contributed by atoms with Crippen LogP contribution in [0.25, 0.3) is 77.2 Å². The molecule has 13 rings (SSSR count). The van der Waals surface area contributed by atoms with Crippen LogP contribution in [0.4, 0.5) is 17.1 Å². The Labute approximate surface area is 379 Å². The van der Waals surface area contributed by atoms with E-state index < -0.39 is 0 Å². The van der Waals surface area contributed by atoms with Gasteiger partial charge in [0.25, 0.3) is 0 Å². The lowest BCUT2D eigenvalue weighted by Crippen LogP contribution is -2.23. The Morgan fingerprint density at radius 2 is 1.00 bits per heavy atom. The topological polar surface area (TPSA) is 16.4 Å². The molecule has 0 radical (unpaired) electrons. The van der Waals surface area contributed by atoms with Crippen LogP contribution in [-0.2, 0) is 10.8 Å². The van der Waals surface area contributed by atoms with Crippen LogP contribution in [0.2, 0.25) is 0 Å². The van der Waals surface area contributed by atoms with Crippen molar-refractivity contribution in [1.29, 1.82) is 0 Å². The van der Waals surface area contributed by atoms with Gasteiger partial charge in [0.15, 0.2) is 0 Å². The summed E-state index contributed by atoms with van der Waals surface area (Å²) in [6.45, 7) is 7.17. The molecular formula is C63H45NO. The van der Waals surface area contributed by atoms with Crippen LogP contribution in [0.3, 0.4) is 0 Å². The molecule has 0 fully saturated rings. The van der Waals surface area contributed by atoms with Gasteiger partial charge in [-0.1, -0.05) is 190 Å². The molecule has 2 nitrogen and oxygen atoms in total. The van der Waals surface area contributed by atoms with Crippen LogP contribution in [0.1, 0.15) is 48.6 Å². The molecule has 1 heterocycles. The molecule has 308 valence electrons. The van der Waals surface area contributed by atoms with E-state index in [2.05, 4.69) is 244 Å². The Balaban J connectivity index is 1.02. The first-order valence-corrected chi connectivity index (χ1v) is 22.8. The molecule has 0 N–H and O–H groups in total. The van der Waals surface area contributed by atoms with Crippen LogP contribution < -0.4 is 4.90 Å². The Kier molecular flexibility index (Phi) is 8.12. The predicted octanol–water partition coefficient (Wildman–Crippen LogP) is 17.2. The van der Waals surface area contributed by atoms with Gasteiger partial charge in [-0.25, -0.2) is 0 Å².